The van der Waals surface area contributed by atoms with Crippen LogP contribution in [0.4, 0.5) is 18.0 Å². The number of rotatable bonds is 8. The SMILES string of the molecule is O=C(NCc1cccnc1OCC(F)(F)F)NCC(c1ccco1)N1CCCCC1. The molecular formula is C20H25F3N4O3. The number of likely N-dealkylation sites (tertiary alicyclic amines) is 1. The molecule has 0 bridgehead atoms. The second-order valence-corrected chi connectivity index (χ2v) is 7.06. The second-order valence-electron chi connectivity index (χ2n) is 7.06. The molecule has 0 spiro atoms. The fourth-order valence-electron chi connectivity index (χ4n) is 3.39. The number of nitrogens with zero attached hydrogens (tertiary/aromatic N) is 2. The van der Waals surface area contributed by atoms with Crippen LogP contribution in [0.25, 0.3) is 0 Å². The molecule has 164 valence electrons. The van der Waals surface area contributed by atoms with Crippen LogP contribution in [-0.2, 0) is 6.54 Å². The number of pyridine rings is 1. The van der Waals surface area contributed by atoms with E-state index in [1.807, 2.05) is 12.1 Å². The molecule has 0 saturated carbocycles. The first-order valence-corrected chi connectivity index (χ1v) is 9.85. The lowest BCUT2D eigenvalue weighted by atomic mass is 10.1. The van der Waals surface area contributed by atoms with Gasteiger partial charge in [0.15, 0.2) is 6.61 Å². The van der Waals surface area contributed by atoms with Gasteiger partial charge in [-0.15, -0.1) is 0 Å². The summed E-state index contributed by atoms with van der Waals surface area (Å²) in [5.74, 6) is 0.629. The lowest BCUT2D eigenvalue weighted by Gasteiger charge is -2.33. The minimum atomic E-state index is -4.46. The van der Waals surface area contributed by atoms with Gasteiger partial charge in [0, 0.05) is 24.8 Å². The van der Waals surface area contributed by atoms with Crippen LogP contribution in [0.5, 0.6) is 5.88 Å². The maximum atomic E-state index is 12.4. The molecule has 1 aliphatic heterocycles. The number of carbonyl (C=O) groups is 1. The molecule has 10 heteroatoms. The molecule has 0 radical (unpaired) electrons. The topological polar surface area (TPSA) is 79.6 Å². The Hall–Kier alpha value is -2.75. The molecule has 1 unspecified atom stereocenters. The summed E-state index contributed by atoms with van der Waals surface area (Å²) in [6, 6.07) is 6.32. The third-order valence-corrected chi connectivity index (χ3v) is 4.82. The fourth-order valence-corrected chi connectivity index (χ4v) is 3.39. The quantitative estimate of drug-likeness (QED) is 0.674. The Balaban J connectivity index is 1.53. The van der Waals surface area contributed by atoms with Crippen molar-refractivity contribution >= 4 is 6.03 Å². The molecule has 1 atom stereocenters. The van der Waals surface area contributed by atoms with Gasteiger partial charge in [-0.25, -0.2) is 9.78 Å². The monoisotopic (exact) mass is 426 g/mol. The summed E-state index contributed by atoms with van der Waals surface area (Å²) in [7, 11) is 0. The van der Waals surface area contributed by atoms with Crippen LogP contribution >= 0.6 is 0 Å². The van der Waals surface area contributed by atoms with E-state index in [0.717, 1.165) is 31.7 Å². The normalized spacial score (nSPS) is 16.1. The second kappa shape index (κ2) is 10.3. The van der Waals surface area contributed by atoms with Crippen LogP contribution in [0, 0.1) is 0 Å². The Morgan fingerprint density at radius 3 is 2.70 bits per heavy atom. The van der Waals surface area contributed by atoms with Crippen molar-refractivity contribution in [2.75, 3.05) is 26.2 Å². The smallest absolute Gasteiger partial charge is 0.422 e. The van der Waals surface area contributed by atoms with Gasteiger partial charge in [-0.3, -0.25) is 4.90 Å². The number of piperidine rings is 1. The number of hydrogen-bond acceptors (Lipinski definition) is 5. The largest absolute Gasteiger partial charge is 0.468 e. The van der Waals surface area contributed by atoms with Gasteiger partial charge in [-0.05, 0) is 44.1 Å². The van der Waals surface area contributed by atoms with Crippen molar-refractivity contribution in [1.29, 1.82) is 0 Å². The fraction of sp³-hybridized carbons (Fsp3) is 0.500. The molecule has 2 aromatic rings. The average molecular weight is 426 g/mol. The van der Waals surface area contributed by atoms with E-state index in [1.54, 1.807) is 18.4 Å². The zero-order valence-electron chi connectivity index (χ0n) is 16.5. The molecule has 1 saturated heterocycles. The summed E-state index contributed by atoms with van der Waals surface area (Å²) in [4.78, 5) is 18.4. The number of furan rings is 1. The van der Waals surface area contributed by atoms with Crippen LogP contribution in [0.3, 0.4) is 0 Å². The third-order valence-electron chi connectivity index (χ3n) is 4.82. The van der Waals surface area contributed by atoms with Crippen molar-refractivity contribution in [3.8, 4) is 5.88 Å². The van der Waals surface area contributed by atoms with Gasteiger partial charge in [0.25, 0.3) is 0 Å². The average Bonchev–Trinajstić information content (AvgIpc) is 3.26. The van der Waals surface area contributed by atoms with Crippen molar-refractivity contribution in [3.05, 3.63) is 48.0 Å². The summed E-state index contributed by atoms with van der Waals surface area (Å²) < 4.78 is 47.5. The summed E-state index contributed by atoms with van der Waals surface area (Å²) in [6.45, 7) is 0.768. The van der Waals surface area contributed by atoms with E-state index in [4.69, 9.17) is 9.15 Å². The van der Waals surface area contributed by atoms with Crippen LogP contribution in [0.15, 0.2) is 41.1 Å². The van der Waals surface area contributed by atoms with Gasteiger partial charge in [-0.2, -0.15) is 13.2 Å². The number of nitrogens with one attached hydrogen (secondary N) is 2. The zero-order valence-corrected chi connectivity index (χ0v) is 16.5. The van der Waals surface area contributed by atoms with E-state index >= 15 is 0 Å². The van der Waals surface area contributed by atoms with E-state index in [-0.39, 0.29) is 18.5 Å². The Morgan fingerprint density at radius 2 is 2.00 bits per heavy atom. The van der Waals surface area contributed by atoms with Crippen molar-refractivity contribution in [1.82, 2.24) is 20.5 Å². The van der Waals surface area contributed by atoms with E-state index in [1.165, 1.54) is 12.6 Å². The summed E-state index contributed by atoms with van der Waals surface area (Å²) >= 11 is 0. The highest BCUT2D eigenvalue weighted by Crippen LogP contribution is 2.24. The Labute approximate surface area is 172 Å². The van der Waals surface area contributed by atoms with Crippen LogP contribution in [0.1, 0.15) is 36.6 Å². The number of halogens is 3. The minimum absolute atomic E-state index is 0.0119. The molecule has 3 heterocycles. The van der Waals surface area contributed by atoms with E-state index in [2.05, 4.69) is 20.5 Å². The maximum absolute atomic E-state index is 12.4. The molecule has 7 nitrogen and oxygen atoms in total. The summed E-state index contributed by atoms with van der Waals surface area (Å²) in [5.41, 5.74) is 0.357. The summed E-state index contributed by atoms with van der Waals surface area (Å²) in [6.07, 6.45) is 1.88. The first kappa shape index (κ1) is 21.9. The number of hydrogen-bond donors (Lipinski definition) is 2. The number of urea groups is 1. The molecule has 30 heavy (non-hydrogen) atoms. The molecule has 0 aromatic carbocycles. The number of ether oxygens (including phenoxy) is 1. The minimum Gasteiger partial charge on any atom is -0.468 e. The van der Waals surface area contributed by atoms with Gasteiger partial charge < -0.3 is 19.8 Å². The van der Waals surface area contributed by atoms with Gasteiger partial charge in [-0.1, -0.05) is 12.5 Å². The molecular weight excluding hydrogens is 401 g/mol. The molecule has 2 aromatic heterocycles. The molecule has 2 N–H and O–H groups in total. The Kier molecular flexibility index (Phi) is 7.56. The number of amides is 2. The van der Waals surface area contributed by atoms with Gasteiger partial charge in [0.05, 0.1) is 12.3 Å². The number of carbonyl (C=O) groups excluding carboxylic acids is 1. The third kappa shape index (κ3) is 6.65. The maximum Gasteiger partial charge on any atom is 0.422 e. The highest BCUT2D eigenvalue weighted by atomic mass is 19.4. The van der Waals surface area contributed by atoms with Crippen LogP contribution in [0.2, 0.25) is 0 Å². The molecule has 1 fully saturated rings. The molecule has 3 rings (SSSR count). The lowest BCUT2D eigenvalue weighted by molar-refractivity contribution is -0.154. The zero-order chi connectivity index (χ0) is 21.4. The summed E-state index contributed by atoms with van der Waals surface area (Å²) in [5, 5.41) is 5.46. The van der Waals surface area contributed by atoms with E-state index in [9.17, 15) is 18.0 Å². The Bertz CT molecular complexity index is 793. The molecule has 1 aliphatic rings. The van der Waals surface area contributed by atoms with Crippen LogP contribution in [-0.4, -0.2) is 48.3 Å². The Morgan fingerprint density at radius 1 is 1.20 bits per heavy atom. The molecule has 0 aliphatic carbocycles. The first-order chi connectivity index (χ1) is 14.4. The highest BCUT2D eigenvalue weighted by Gasteiger charge is 2.29. The first-order valence-electron chi connectivity index (χ1n) is 9.85. The number of alkyl halides is 3. The van der Waals surface area contributed by atoms with Gasteiger partial charge in [0.2, 0.25) is 5.88 Å². The number of aromatic nitrogens is 1. The van der Waals surface area contributed by atoms with Gasteiger partial charge >= 0.3 is 12.2 Å². The highest BCUT2D eigenvalue weighted by molar-refractivity contribution is 5.73. The van der Waals surface area contributed by atoms with E-state index < -0.39 is 18.8 Å². The molecule has 2 amide bonds. The van der Waals surface area contributed by atoms with Crippen molar-refractivity contribution in [2.24, 2.45) is 0 Å². The lowest BCUT2D eigenvalue weighted by Crippen LogP contribution is -2.43. The van der Waals surface area contributed by atoms with Crippen molar-refractivity contribution in [3.63, 3.8) is 0 Å². The van der Waals surface area contributed by atoms with Crippen LogP contribution < -0.4 is 15.4 Å². The van der Waals surface area contributed by atoms with E-state index in [0.29, 0.717) is 12.1 Å². The predicted molar refractivity (Wildman–Crippen MR) is 103 cm³/mol. The predicted octanol–water partition coefficient (Wildman–Crippen LogP) is 3.64. The van der Waals surface area contributed by atoms with Crippen molar-refractivity contribution in [2.45, 2.75) is 38.0 Å². The van der Waals surface area contributed by atoms with Gasteiger partial charge in [0.1, 0.15) is 5.76 Å². The standard InChI is InChI=1S/C20H25F3N4O3/c21-20(22,23)14-30-18-15(6-4-8-24-18)12-25-19(28)26-13-16(17-7-5-11-29-17)27-9-2-1-3-10-27/h4-8,11,16H,1-3,9-10,12-14H2,(H2,25,26,28). The van der Waals surface area contributed by atoms with Crippen molar-refractivity contribution < 1.29 is 27.1 Å².